The summed E-state index contributed by atoms with van der Waals surface area (Å²) in [6, 6.07) is 0. The number of carbonyl (C=O) groups is 3. The third-order valence-electron chi connectivity index (χ3n) is 4.04. The molecule has 0 aliphatic rings. The Labute approximate surface area is 204 Å². The number of carboxylic acid groups (broad SMARTS) is 3. The predicted octanol–water partition coefficient (Wildman–Crippen LogP) is 6.84. The van der Waals surface area contributed by atoms with Gasteiger partial charge < -0.3 is 15.3 Å². The van der Waals surface area contributed by atoms with Gasteiger partial charge >= 0.3 is 77.5 Å². The molecular weight excluding hydrogens is 503 g/mol. The van der Waals surface area contributed by atoms with Gasteiger partial charge in [-0.05, 0) is 19.3 Å². The van der Waals surface area contributed by atoms with Crippen LogP contribution >= 0.6 is 0 Å². The van der Waals surface area contributed by atoms with Crippen molar-refractivity contribution < 1.29 is 29.7 Å². The Hall–Kier alpha value is -0.791. The SMILES string of the molecule is CCCCCC(=O)O.CCCCCC(=O)O.CCCCCC(=O)O.CCCCC[CH2][SnH]. The van der Waals surface area contributed by atoms with E-state index in [1.165, 1.54) is 52.6 Å². The van der Waals surface area contributed by atoms with Crippen molar-refractivity contribution in [1.29, 1.82) is 0 Å². The minimum absolute atomic E-state index is 0.327. The third kappa shape index (κ3) is 65.2. The van der Waals surface area contributed by atoms with E-state index in [2.05, 4.69) is 27.7 Å². The van der Waals surface area contributed by atoms with Gasteiger partial charge in [0.2, 0.25) is 0 Å². The van der Waals surface area contributed by atoms with Crippen molar-refractivity contribution in [3.63, 3.8) is 0 Å². The quantitative estimate of drug-likeness (QED) is 0.143. The molecule has 0 aliphatic carbocycles. The molecule has 0 bridgehead atoms. The zero-order valence-corrected chi connectivity index (χ0v) is 24.0. The second-order valence-electron chi connectivity index (χ2n) is 7.40. The van der Waals surface area contributed by atoms with Gasteiger partial charge in [-0.3, -0.25) is 14.4 Å². The Morgan fingerprint density at radius 2 is 0.742 bits per heavy atom. The molecule has 0 rings (SSSR count). The summed E-state index contributed by atoms with van der Waals surface area (Å²) in [5, 5.41) is 24.4. The van der Waals surface area contributed by atoms with Crippen LogP contribution in [0.15, 0.2) is 0 Å². The standard InChI is InChI=1S/3C6H12O2.C6H13.Sn.H/c3*1-2-3-4-5-6(7)8;1-3-5-6-4-2;;/h3*2-5H2,1H3,(H,7,8);1,3-6H2,2H3;;. The number of hydrogen-bond donors (Lipinski definition) is 3. The molecule has 6 nitrogen and oxygen atoms in total. The molecule has 0 spiro atoms. The van der Waals surface area contributed by atoms with Gasteiger partial charge in [0.1, 0.15) is 0 Å². The molecule has 0 heterocycles. The Bertz CT molecular complexity index is 324. The van der Waals surface area contributed by atoms with Crippen LogP contribution in [0.1, 0.15) is 130 Å². The van der Waals surface area contributed by atoms with Crippen molar-refractivity contribution in [3.05, 3.63) is 0 Å². The van der Waals surface area contributed by atoms with Crippen molar-refractivity contribution in [3.8, 4) is 0 Å². The fourth-order valence-corrected chi connectivity index (χ4v) is 2.97. The van der Waals surface area contributed by atoms with Crippen LogP contribution < -0.4 is 0 Å². The van der Waals surface area contributed by atoms with Crippen molar-refractivity contribution >= 4 is 40.4 Å². The molecule has 0 aliphatic heterocycles. The van der Waals surface area contributed by atoms with Crippen LogP contribution in [0.4, 0.5) is 0 Å². The van der Waals surface area contributed by atoms with Crippen LogP contribution in [0.2, 0.25) is 4.44 Å². The molecule has 3 N–H and O–H groups in total. The predicted molar refractivity (Wildman–Crippen MR) is 131 cm³/mol. The van der Waals surface area contributed by atoms with E-state index >= 15 is 0 Å². The number of rotatable bonds is 16. The fourth-order valence-electron chi connectivity index (χ4n) is 2.15. The normalized spacial score (nSPS) is 9.19. The molecular formula is C24H50O6Sn. The van der Waals surface area contributed by atoms with E-state index in [4.69, 9.17) is 15.3 Å². The van der Waals surface area contributed by atoms with E-state index in [0.717, 1.165) is 57.8 Å². The number of unbranched alkanes of at least 4 members (excludes halogenated alkanes) is 9. The van der Waals surface area contributed by atoms with Crippen molar-refractivity contribution in [1.82, 2.24) is 0 Å². The van der Waals surface area contributed by atoms with Gasteiger partial charge in [-0.2, -0.15) is 0 Å². The topological polar surface area (TPSA) is 112 Å². The molecule has 7 heteroatoms. The Morgan fingerprint density at radius 3 is 0.935 bits per heavy atom. The van der Waals surface area contributed by atoms with E-state index in [9.17, 15) is 14.4 Å². The van der Waals surface area contributed by atoms with Gasteiger partial charge in [-0.25, -0.2) is 0 Å². The number of hydrogen-bond acceptors (Lipinski definition) is 3. The maximum absolute atomic E-state index is 9.87. The molecule has 0 aromatic rings. The van der Waals surface area contributed by atoms with E-state index in [0.29, 0.717) is 19.3 Å². The first-order valence-electron chi connectivity index (χ1n) is 12.1. The molecule has 0 atom stereocenters. The molecule has 0 aromatic heterocycles. The monoisotopic (exact) mass is 554 g/mol. The molecule has 186 valence electrons. The fraction of sp³-hybridized carbons (Fsp3) is 0.875. The average Bonchev–Trinajstić information content (AvgIpc) is 2.70. The second-order valence-corrected chi connectivity index (χ2v) is 9.05. The van der Waals surface area contributed by atoms with E-state index in [1.54, 1.807) is 0 Å². The van der Waals surface area contributed by atoms with Crippen LogP contribution in [0, 0.1) is 0 Å². The van der Waals surface area contributed by atoms with Crippen molar-refractivity contribution in [2.24, 2.45) is 0 Å². The molecule has 0 fully saturated rings. The average molecular weight is 553 g/mol. The van der Waals surface area contributed by atoms with Crippen LogP contribution in [0.5, 0.6) is 0 Å². The summed E-state index contributed by atoms with van der Waals surface area (Å²) in [5.74, 6) is -2.05. The van der Waals surface area contributed by atoms with Gasteiger partial charge in [-0.1, -0.05) is 59.3 Å². The molecule has 2 radical (unpaired) electrons. The molecule has 0 saturated heterocycles. The summed E-state index contributed by atoms with van der Waals surface area (Å²) in [7, 11) is 0. The van der Waals surface area contributed by atoms with Crippen molar-refractivity contribution in [2.75, 3.05) is 0 Å². The second kappa shape index (κ2) is 36.6. The zero-order chi connectivity index (χ0) is 24.8. The number of aliphatic carboxylic acids is 3. The van der Waals surface area contributed by atoms with E-state index < -0.39 is 17.9 Å². The molecule has 0 unspecified atom stereocenters. The van der Waals surface area contributed by atoms with E-state index in [1.807, 2.05) is 0 Å². The third-order valence-corrected chi connectivity index (χ3v) is 5.21. The van der Waals surface area contributed by atoms with Crippen LogP contribution in [0.25, 0.3) is 0 Å². The first kappa shape index (κ1) is 37.5. The van der Waals surface area contributed by atoms with Crippen LogP contribution in [-0.4, -0.2) is 55.8 Å². The maximum atomic E-state index is 9.87. The summed E-state index contributed by atoms with van der Waals surface area (Å²) < 4.78 is 1.49. The molecule has 0 aromatic carbocycles. The van der Waals surface area contributed by atoms with Gasteiger partial charge in [-0.15, -0.1) is 0 Å². The Balaban J connectivity index is -0.000000157. The van der Waals surface area contributed by atoms with Gasteiger partial charge in [0.25, 0.3) is 0 Å². The summed E-state index contributed by atoms with van der Waals surface area (Å²) >= 11 is 1.46. The first-order chi connectivity index (χ1) is 14.7. The summed E-state index contributed by atoms with van der Waals surface area (Å²) in [6.45, 7) is 8.43. The molecule has 0 amide bonds. The van der Waals surface area contributed by atoms with Gasteiger partial charge in [0.05, 0.1) is 0 Å². The van der Waals surface area contributed by atoms with E-state index in [-0.39, 0.29) is 0 Å². The summed E-state index contributed by atoms with van der Waals surface area (Å²) in [4.78, 5) is 29.6. The summed E-state index contributed by atoms with van der Waals surface area (Å²) in [6.07, 6.45) is 15.6. The van der Waals surface area contributed by atoms with Crippen molar-refractivity contribution in [2.45, 2.75) is 135 Å². The number of carboxylic acids is 3. The molecule has 31 heavy (non-hydrogen) atoms. The van der Waals surface area contributed by atoms with Gasteiger partial charge in [0.15, 0.2) is 0 Å². The summed E-state index contributed by atoms with van der Waals surface area (Å²) in [5.41, 5.74) is 0. The minimum atomic E-state index is -0.682. The van der Waals surface area contributed by atoms with Crippen LogP contribution in [-0.2, 0) is 14.4 Å². The zero-order valence-electron chi connectivity index (χ0n) is 20.7. The molecule has 0 saturated carbocycles. The Kier molecular flexibility index (Phi) is 44.3. The van der Waals surface area contributed by atoms with Crippen LogP contribution in [0.3, 0.4) is 0 Å². The van der Waals surface area contributed by atoms with Gasteiger partial charge in [0, 0.05) is 19.3 Å². The first-order valence-corrected chi connectivity index (χ1v) is 14.4. The Morgan fingerprint density at radius 1 is 0.484 bits per heavy atom.